The lowest BCUT2D eigenvalue weighted by Crippen LogP contribution is -1.86. The first-order valence-electron chi connectivity index (χ1n) is 3.17. The first-order chi connectivity index (χ1) is 5.74. The molecule has 0 aliphatic carbocycles. The van der Waals surface area contributed by atoms with E-state index in [9.17, 15) is 9.18 Å². The van der Waals surface area contributed by atoms with Gasteiger partial charge in [0.2, 0.25) is 5.95 Å². The van der Waals surface area contributed by atoms with Crippen molar-refractivity contribution in [3.8, 4) is 0 Å². The minimum Gasteiger partial charge on any atom is -0.299 e. The molecule has 1 aromatic rings. The van der Waals surface area contributed by atoms with Crippen molar-refractivity contribution in [3.63, 3.8) is 0 Å². The molecule has 2 nitrogen and oxygen atoms in total. The maximum Gasteiger partial charge on any atom is 0.220 e. The highest BCUT2D eigenvalue weighted by Crippen LogP contribution is 2.13. The maximum absolute atomic E-state index is 12.8. The summed E-state index contributed by atoms with van der Waals surface area (Å²) in [5, 5.41) is 0. The average molecular weight is 230 g/mol. The lowest BCUT2D eigenvalue weighted by atomic mass is 10.2. The van der Waals surface area contributed by atoms with Gasteiger partial charge in [0.1, 0.15) is 6.29 Å². The first kappa shape index (κ1) is 9.06. The summed E-state index contributed by atoms with van der Waals surface area (Å²) >= 11 is 3.14. The third kappa shape index (κ3) is 2.23. The van der Waals surface area contributed by atoms with Gasteiger partial charge in [-0.05, 0) is 34.1 Å². The summed E-state index contributed by atoms with van der Waals surface area (Å²) in [5.41, 5.74) is 0.288. The fourth-order valence-electron chi connectivity index (χ4n) is 0.698. The van der Waals surface area contributed by atoms with Crippen LogP contribution >= 0.6 is 15.9 Å². The summed E-state index contributed by atoms with van der Waals surface area (Å²) in [6, 6.07) is 1.54. The molecule has 0 aliphatic rings. The average Bonchev–Trinajstić information content (AvgIpc) is 2.07. The predicted molar refractivity (Wildman–Crippen MR) is 47.0 cm³/mol. The molecule has 0 saturated carbocycles. The standard InChI is InChI=1S/C8H5BrFNO/c9-7-4-6(2-1-3-12)8(10)11-5-7/h1-5H/b2-1+. The number of aldehydes is 1. The van der Waals surface area contributed by atoms with Crippen molar-refractivity contribution in [1.29, 1.82) is 0 Å². The zero-order chi connectivity index (χ0) is 8.97. The van der Waals surface area contributed by atoms with Crippen LogP contribution in [0.4, 0.5) is 4.39 Å². The summed E-state index contributed by atoms with van der Waals surface area (Å²) in [6.07, 6.45) is 4.51. The molecule has 0 bridgehead atoms. The molecule has 0 fully saturated rings. The van der Waals surface area contributed by atoms with Crippen LogP contribution in [0.1, 0.15) is 5.56 Å². The molecule has 0 unspecified atom stereocenters. The van der Waals surface area contributed by atoms with Crippen molar-refractivity contribution in [2.45, 2.75) is 0 Å². The van der Waals surface area contributed by atoms with Gasteiger partial charge in [0.15, 0.2) is 0 Å². The van der Waals surface area contributed by atoms with E-state index in [0.29, 0.717) is 10.8 Å². The van der Waals surface area contributed by atoms with Crippen LogP contribution in [0.2, 0.25) is 0 Å². The zero-order valence-corrected chi connectivity index (χ0v) is 7.58. The molecule has 1 rings (SSSR count). The summed E-state index contributed by atoms with van der Waals surface area (Å²) in [4.78, 5) is 13.4. The predicted octanol–water partition coefficient (Wildman–Crippen LogP) is 2.20. The van der Waals surface area contributed by atoms with Gasteiger partial charge in [-0.1, -0.05) is 0 Å². The van der Waals surface area contributed by atoms with Crippen LogP contribution in [-0.2, 0) is 4.79 Å². The molecule has 0 aromatic carbocycles. The van der Waals surface area contributed by atoms with Crippen molar-refractivity contribution >= 4 is 28.3 Å². The molecule has 0 spiro atoms. The number of rotatable bonds is 2. The number of carbonyl (C=O) groups is 1. The number of nitrogens with zero attached hydrogens (tertiary/aromatic N) is 1. The van der Waals surface area contributed by atoms with Crippen molar-refractivity contribution in [2.24, 2.45) is 0 Å². The van der Waals surface area contributed by atoms with E-state index >= 15 is 0 Å². The molecule has 0 saturated heterocycles. The molecule has 0 atom stereocenters. The highest BCUT2D eigenvalue weighted by molar-refractivity contribution is 9.10. The van der Waals surface area contributed by atoms with Gasteiger partial charge in [0, 0.05) is 16.2 Å². The number of pyridine rings is 1. The zero-order valence-electron chi connectivity index (χ0n) is 6.00. The van der Waals surface area contributed by atoms with Crippen LogP contribution in [0, 0.1) is 5.95 Å². The third-order valence-electron chi connectivity index (χ3n) is 1.19. The summed E-state index contributed by atoms with van der Waals surface area (Å²) in [5.74, 6) is -0.587. The molecule has 12 heavy (non-hydrogen) atoms. The lowest BCUT2D eigenvalue weighted by molar-refractivity contribution is -0.104. The number of aromatic nitrogens is 1. The Morgan fingerprint density at radius 2 is 2.33 bits per heavy atom. The summed E-state index contributed by atoms with van der Waals surface area (Å²) < 4.78 is 13.5. The van der Waals surface area contributed by atoms with Crippen molar-refractivity contribution in [1.82, 2.24) is 4.98 Å². The highest BCUT2D eigenvalue weighted by Gasteiger charge is 1.99. The number of hydrogen-bond donors (Lipinski definition) is 0. The number of carbonyl (C=O) groups excluding carboxylic acids is 1. The molecule has 62 valence electrons. The Morgan fingerprint density at radius 1 is 1.58 bits per heavy atom. The normalized spacial score (nSPS) is 10.5. The van der Waals surface area contributed by atoms with Crippen molar-refractivity contribution in [2.75, 3.05) is 0 Å². The minimum absolute atomic E-state index is 0.288. The third-order valence-corrected chi connectivity index (χ3v) is 1.62. The van der Waals surface area contributed by atoms with E-state index in [0.717, 1.165) is 0 Å². The molecule has 1 heterocycles. The molecular weight excluding hydrogens is 225 g/mol. The largest absolute Gasteiger partial charge is 0.299 e. The Bertz CT molecular complexity index is 325. The molecule has 0 radical (unpaired) electrons. The van der Waals surface area contributed by atoms with Gasteiger partial charge in [-0.2, -0.15) is 4.39 Å². The van der Waals surface area contributed by atoms with Gasteiger partial charge < -0.3 is 0 Å². The van der Waals surface area contributed by atoms with Crippen LogP contribution in [0.3, 0.4) is 0 Å². The number of allylic oxidation sites excluding steroid dienone is 1. The van der Waals surface area contributed by atoms with E-state index < -0.39 is 5.95 Å². The van der Waals surface area contributed by atoms with E-state index in [1.165, 1.54) is 18.3 Å². The van der Waals surface area contributed by atoms with Crippen molar-refractivity contribution in [3.05, 3.63) is 34.3 Å². The van der Waals surface area contributed by atoms with E-state index in [1.807, 2.05) is 0 Å². The topological polar surface area (TPSA) is 30.0 Å². The van der Waals surface area contributed by atoms with E-state index in [1.54, 1.807) is 6.07 Å². The van der Waals surface area contributed by atoms with Gasteiger partial charge >= 0.3 is 0 Å². The quantitative estimate of drug-likeness (QED) is 0.442. The Morgan fingerprint density at radius 3 is 3.00 bits per heavy atom. The molecule has 0 aliphatic heterocycles. The van der Waals surface area contributed by atoms with Crippen LogP contribution in [-0.4, -0.2) is 11.3 Å². The molecule has 0 amide bonds. The monoisotopic (exact) mass is 229 g/mol. The number of hydrogen-bond acceptors (Lipinski definition) is 2. The smallest absolute Gasteiger partial charge is 0.220 e. The van der Waals surface area contributed by atoms with Gasteiger partial charge in [-0.15, -0.1) is 0 Å². The van der Waals surface area contributed by atoms with Gasteiger partial charge in [0.25, 0.3) is 0 Å². The van der Waals surface area contributed by atoms with Gasteiger partial charge in [-0.25, -0.2) is 4.98 Å². The Hall–Kier alpha value is -1.03. The van der Waals surface area contributed by atoms with E-state index in [-0.39, 0.29) is 5.56 Å². The van der Waals surface area contributed by atoms with Crippen LogP contribution in [0.25, 0.3) is 6.08 Å². The minimum atomic E-state index is -0.587. The second-order valence-corrected chi connectivity index (χ2v) is 2.94. The lowest BCUT2D eigenvalue weighted by Gasteiger charge is -1.94. The van der Waals surface area contributed by atoms with Gasteiger partial charge in [0.05, 0.1) is 0 Å². The maximum atomic E-state index is 12.8. The molecular formula is C8H5BrFNO. The second-order valence-electron chi connectivity index (χ2n) is 2.03. The highest BCUT2D eigenvalue weighted by atomic mass is 79.9. The fraction of sp³-hybridized carbons (Fsp3) is 0. The first-order valence-corrected chi connectivity index (χ1v) is 3.96. The van der Waals surface area contributed by atoms with Crippen molar-refractivity contribution < 1.29 is 9.18 Å². The van der Waals surface area contributed by atoms with Crippen LogP contribution < -0.4 is 0 Å². The van der Waals surface area contributed by atoms with Gasteiger partial charge in [-0.3, -0.25) is 4.79 Å². The van der Waals surface area contributed by atoms with E-state index in [2.05, 4.69) is 20.9 Å². The summed E-state index contributed by atoms with van der Waals surface area (Å²) in [7, 11) is 0. The second kappa shape index (κ2) is 4.11. The Balaban J connectivity index is 3.04. The molecule has 0 N–H and O–H groups in total. The molecule has 4 heteroatoms. The van der Waals surface area contributed by atoms with Crippen LogP contribution in [0.5, 0.6) is 0 Å². The van der Waals surface area contributed by atoms with Crippen LogP contribution in [0.15, 0.2) is 22.8 Å². The Kier molecular flexibility index (Phi) is 3.10. The Labute approximate surface area is 77.3 Å². The number of halogens is 2. The fourth-order valence-corrected chi connectivity index (χ4v) is 1.05. The van der Waals surface area contributed by atoms with E-state index in [4.69, 9.17) is 0 Å². The summed E-state index contributed by atoms with van der Waals surface area (Å²) in [6.45, 7) is 0. The molecule has 1 aromatic heterocycles. The SMILES string of the molecule is O=C/C=C/c1cc(Br)cnc1F.